The summed E-state index contributed by atoms with van der Waals surface area (Å²) in [5.74, 6) is 0. The number of nitrogens with zero attached hydrogens (tertiary/aromatic N) is 1. The van der Waals surface area contributed by atoms with Crippen LogP contribution in [0.25, 0.3) is 21.9 Å². The first-order valence-electron chi connectivity index (χ1n) is 7.43. The number of ether oxygens (including phenoxy) is 1. The zero-order chi connectivity index (χ0) is 16.2. The number of aromatic nitrogens is 3. The van der Waals surface area contributed by atoms with Crippen LogP contribution in [-0.4, -0.2) is 27.9 Å². The minimum atomic E-state index is -1.24. The lowest BCUT2D eigenvalue weighted by Gasteiger charge is -2.36. The Kier molecular flexibility index (Phi) is 3.32. The first kappa shape index (κ1) is 14.8. The van der Waals surface area contributed by atoms with Gasteiger partial charge in [-0.15, -0.1) is 0 Å². The second kappa shape index (κ2) is 5.14. The number of imidazole rings is 1. The molecule has 2 atom stereocenters. The van der Waals surface area contributed by atoms with Crippen LogP contribution >= 0.6 is 15.9 Å². The summed E-state index contributed by atoms with van der Waals surface area (Å²) in [6, 6.07) is 3.92. The topological polar surface area (TPSA) is 70.8 Å². The number of H-pyrrole nitrogens is 2. The average Bonchev–Trinajstić information content (AvgIpc) is 2.87. The highest BCUT2D eigenvalue weighted by molar-refractivity contribution is 9.10. The van der Waals surface area contributed by atoms with Crippen LogP contribution in [0.2, 0.25) is 0 Å². The van der Waals surface area contributed by atoms with Gasteiger partial charge in [0, 0.05) is 21.7 Å². The molecule has 2 unspecified atom stereocenters. The minimum Gasteiger partial charge on any atom is -0.348 e. The molecular weight excluding hydrogens is 365 g/mol. The maximum absolute atomic E-state index is 13.7. The van der Waals surface area contributed by atoms with Gasteiger partial charge >= 0.3 is 5.69 Å². The van der Waals surface area contributed by atoms with Crippen molar-refractivity contribution >= 4 is 37.9 Å². The van der Waals surface area contributed by atoms with Gasteiger partial charge < -0.3 is 14.7 Å². The third kappa shape index (κ3) is 2.38. The highest BCUT2D eigenvalue weighted by Crippen LogP contribution is 2.42. The molecule has 1 saturated heterocycles. The standard InChI is InChI=1S/C16H15BrFN3O2/c1-16(2-3-23-13(18)6-16)9-5-11-8(4-10(9)17)14-12(7-19-11)20-15(22)21-14/h4-5,7,13H,2-3,6H2,1H3,(H2,20,21,22). The zero-order valence-corrected chi connectivity index (χ0v) is 14.0. The molecule has 7 heteroatoms. The van der Waals surface area contributed by atoms with Gasteiger partial charge in [0.15, 0.2) is 6.36 Å². The number of nitrogens with one attached hydrogen (secondary N) is 2. The van der Waals surface area contributed by atoms with Crippen LogP contribution < -0.4 is 5.69 Å². The van der Waals surface area contributed by atoms with Crippen molar-refractivity contribution in [1.29, 1.82) is 0 Å². The van der Waals surface area contributed by atoms with Crippen LogP contribution in [0.4, 0.5) is 4.39 Å². The maximum Gasteiger partial charge on any atom is 0.323 e. The number of aromatic amines is 2. The monoisotopic (exact) mass is 379 g/mol. The summed E-state index contributed by atoms with van der Waals surface area (Å²) in [5, 5.41) is 0.851. The molecule has 23 heavy (non-hydrogen) atoms. The lowest BCUT2D eigenvalue weighted by Crippen LogP contribution is -2.34. The summed E-state index contributed by atoms with van der Waals surface area (Å²) in [6.45, 7) is 2.45. The van der Waals surface area contributed by atoms with Gasteiger partial charge in [-0.05, 0) is 24.1 Å². The number of halogens is 2. The van der Waals surface area contributed by atoms with Crippen molar-refractivity contribution in [3.8, 4) is 0 Å². The Balaban J connectivity index is 1.93. The number of rotatable bonds is 1. The average molecular weight is 380 g/mol. The van der Waals surface area contributed by atoms with Crippen LogP contribution in [0.5, 0.6) is 0 Å². The van der Waals surface area contributed by atoms with Crippen molar-refractivity contribution in [2.45, 2.75) is 31.5 Å². The SMILES string of the molecule is CC1(c2cc3ncc4[nH]c(=O)[nH]c4c3cc2Br)CCOC(F)C1. The van der Waals surface area contributed by atoms with Crippen molar-refractivity contribution in [2.24, 2.45) is 0 Å². The lowest BCUT2D eigenvalue weighted by atomic mass is 9.75. The van der Waals surface area contributed by atoms with Gasteiger partial charge in [-0.25, -0.2) is 9.18 Å². The molecule has 0 spiro atoms. The number of hydrogen-bond acceptors (Lipinski definition) is 3. The summed E-state index contributed by atoms with van der Waals surface area (Å²) in [7, 11) is 0. The first-order valence-corrected chi connectivity index (χ1v) is 8.22. The Hall–Kier alpha value is -1.73. The van der Waals surface area contributed by atoms with Crippen molar-refractivity contribution in [3.63, 3.8) is 0 Å². The van der Waals surface area contributed by atoms with Gasteiger partial charge in [0.2, 0.25) is 0 Å². The Morgan fingerprint density at radius 2 is 2.26 bits per heavy atom. The van der Waals surface area contributed by atoms with Crippen LogP contribution in [0.1, 0.15) is 25.3 Å². The van der Waals surface area contributed by atoms with E-state index in [4.69, 9.17) is 4.74 Å². The van der Waals surface area contributed by atoms with Gasteiger partial charge in [-0.3, -0.25) is 4.98 Å². The number of benzene rings is 1. The Morgan fingerprint density at radius 3 is 3.04 bits per heavy atom. The molecule has 3 aromatic rings. The zero-order valence-electron chi connectivity index (χ0n) is 12.5. The van der Waals surface area contributed by atoms with E-state index in [1.807, 2.05) is 19.1 Å². The molecule has 0 amide bonds. The van der Waals surface area contributed by atoms with E-state index in [2.05, 4.69) is 30.9 Å². The summed E-state index contributed by atoms with van der Waals surface area (Å²) >= 11 is 3.61. The molecule has 0 bridgehead atoms. The highest BCUT2D eigenvalue weighted by Gasteiger charge is 2.36. The van der Waals surface area contributed by atoms with Gasteiger partial charge in [0.1, 0.15) is 0 Å². The maximum atomic E-state index is 13.7. The van der Waals surface area contributed by atoms with E-state index >= 15 is 0 Å². The van der Waals surface area contributed by atoms with E-state index in [0.29, 0.717) is 18.5 Å². The predicted molar refractivity (Wildman–Crippen MR) is 89.4 cm³/mol. The molecule has 2 N–H and O–H groups in total. The first-order chi connectivity index (χ1) is 11.0. The molecule has 3 heterocycles. The summed E-state index contributed by atoms with van der Waals surface area (Å²) in [4.78, 5) is 21.4. The molecule has 5 nitrogen and oxygen atoms in total. The van der Waals surface area contributed by atoms with Crippen LogP contribution in [0.3, 0.4) is 0 Å². The molecule has 1 fully saturated rings. The summed E-state index contributed by atoms with van der Waals surface area (Å²) < 4.78 is 19.7. The minimum absolute atomic E-state index is 0.258. The molecular formula is C16H15BrFN3O2. The number of fused-ring (bicyclic) bond motifs is 3. The second-order valence-electron chi connectivity index (χ2n) is 6.27. The molecule has 2 aromatic heterocycles. The molecule has 0 radical (unpaired) electrons. The molecule has 0 saturated carbocycles. The lowest BCUT2D eigenvalue weighted by molar-refractivity contribution is -0.0922. The van der Waals surface area contributed by atoms with E-state index in [1.165, 1.54) is 0 Å². The number of alkyl halides is 1. The van der Waals surface area contributed by atoms with Gasteiger partial charge in [-0.1, -0.05) is 22.9 Å². The Bertz CT molecular complexity index is 967. The normalized spacial score (nSPS) is 25.3. The van der Waals surface area contributed by atoms with E-state index in [-0.39, 0.29) is 11.1 Å². The fourth-order valence-corrected chi connectivity index (χ4v) is 4.17. The Morgan fingerprint density at radius 1 is 1.43 bits per heavy atom. The molecule has 4 rings (SSSR count). The number of pyridine rings is 1. The molecule has 120 valence electrons. The quantitative estimate of drug-likeness (QED) is 0.679. The fraction of sp³-hybridized carbons (Fsp3) is 0.375. The van der Waals surface area contributed by atoms with E-state index in [0.717, 1.165) is 32.9 Å². The van der Waals surface area contributed by atoms with Gasteiger partial charge in [0.25, 0.3) is 0 Å². The van der Waals surface area contributed by atoms with Crippen molar-refractivity contribution in [2.75, 3.05) is 6.61 Å². The second-order valence-corrected chi connectivity index (χ2v) is 7.13. The number of hydrogen-bond donors (Lipinski definition) is 2. The smallest absolute Gasteiger partial charge is 0.323 e. The van der Waals surface area contributed by atoms with Crippen molar-refractivity contribution in [1.82, 2.24) is 15.0 Å². The predicted octanol–water partition coefficient (Wildman–Crippen LogP) is 3.53. The largest absolute Gasteiger partial charge is 0.348 e. The van der Waals surface area contributed by atoms with Crippen LogP contribution in [-0.2, 0) is 10.2 Å². The van der Waals surface area contributed by atoms with E-state index in [9.17, 15) is 9.18 Å². The van der Waals surface area contributed by atoms with Crippen molar-refractivity contribution in [3.05, 3.63) is 38.9 Å². The molecule has 1 aromatic carbocycles. The Labute approximate surface area is 139 Å². The third-order valence-corrected chi connectivity index (χ3v) is 5.31. The molecule has 0 aliphatic carbocycles. The van der Waals surface area contributed by atoms with Gasteiger partial charge in [0.05, 0.1) is 29.4 Å². The van der Waals surface area contributed by atoms with Gasteiger partial charge in [-0.2, -0.15) is 0 Å². The highest BCUT2D eigenvalue weighted by atomic mass is 79.9. The molecule has 1 aliphatic heterocycles. The molecule has 1 aliphatic rings. The van der Waals surface area contributed by atoms with E-state index in [1.54, 1.807) is 6.20 Å². The van der Waals surface area contributed by atoms with Crippen LogP contribution in [0.15, 0.2) is 27.6 Å². The third-order valence-electron chi connectivity index (χ3n) is 4.66. The summed E-state index contributed by atoms with van der Waals surface area (Å²) in [5.41, 5.74) is 2.62. The van der Waals surface area contributed by atoms with E-state index < -0.39 is 6.36 Å². The van der Waals surface area contributed by atoms with Crippen molar-refractivity contribution < 1.29 is 9.13 Å². The fourth-order valence-electron chi connectivity index (χ4n) is 3.34. The summed E-state index contributed by atoms with van der Waals surface area (Å²) in [6.07, 6.45) is 1.46. The van der Waals surface area contributed by atoms with Crippen LogP contribution in [0, 0.1) is 0 Å².